The minimum Gasteiger partial charge on any atom is -0.455 e. The maximum atomic E-state index is 12.0. The number of carbonyl (C=O) groups excluding carboxylic acids is 2. The molecule has 4 aliphatic rings. The predicted octanol–water partition coefficient (Wildman–Crippen LogP) is 7.81. The number of ether oxygens (including phenoxy) is 2. The highest BCUT2D eigenvalue weighted by Gasteiger charge is 2.71. The van der Waals surface area contributed by atoms with Gasteiger partial charge in [0.25, 0.3) is 0 Å². The van der Waals surface area contributed by atoms with Crippen molar-refractivity contribution in [3.63, 3.8) is 0 Å². The van der Waals surface area contributed by atoms with Crippen LogP contribution in [0.15, 0.2) is 24.8 Å². The Labute approximate surface area is 214 Å². The van der Waals surface area contributed by atoms with Crippen molar-refractivity contribution in [2.75, 3.05) is 0 Å². The zero-order valence-corrected chi connectivity index (χ0v) is 23.9. The Morgan fingerprint density at radius 3 is 1.51 bits per heavy atom. The highest BCUT2D eigenvalue weighted by atomic mass is 16.6. The summed E-state index contributed by atoms with van der Waals surface area (Å²) in [5.41, 5.74) is 0.306. The number of hydrogen-bond donors (Lipinski definition) is 0. The number of fused-ring (bicyclic) bond motifs is 4. The van der Waals surface area contributed by atoms with Crippen molar-refractivity contribution in [3.8, 4) is 0 Å². The molecule has 0 aliphatic heterocycles. The van der Waals surface area contributed by atoms with Gasteiger partial charge >= 0.3 is 11.9 Å². The van der Waals surface area contributed by atoms with E-state index < -0.39 is 0 Å². The lowest BCUT2D eigenvalue weighted by molar-refractivity contribution is -0.196. The lowest BCUT2D eigenvalue weighted by Gasteiger charge is -2.53. The van der Waals surface area contributed by atoms with Crippen molar-refractivity contribution in [1.29, 1.82) is 0 Å². The standard InChI is InChI=1S/C16H26O2.C15H24O2/c1-7-16(18-13(17)11(2)3)14(4,5)12-8-9-15(16,6)10-12;1-6-12(16)17-15(7-2)13(3,4)11-8-9-14(15,5)10-11/h12H,2,7-10H2,1,3-6H3;6,11H,1,7-10H2,2-5H3. The summed E-state index contributed by atoms with van der Waals surface area (Å²) < 4.78 is 11.9. The van der Waals surface area contributed by atoms with Gasteiger partial charge in [0.1, 0.15) is 11.2 Å². The lowest BCUT2D eigenvalue weighted by atomic mass is 9.59. The monoisotopic (exact) mass is 486 g/mol. The van der Waals surface area contributed by atoms with Crippen LogP contribution in [-0.2, 0) is 19.1 Å². The number of hydrogen-bond acceptors (Lipinski definition) is 4. The third-order valence-electron chi connectivity index (χ3n) is 11.6. The molecule has 4 bridgehead atoms. The summed E-state index contributed by atoms with van der Waals surface area (Å²) in [5.74, 6) is 0.873. The highest BCUT2D eigenvalue weighted by Crippen LogP contribution is 2.71. The third kappa shape index (κ3) is 3.67. The number of rotatable bonds is 6. The van der Waals surface area contributed by atoms with Gasteiger partial charge in [0.15, 0.2) is 0 Å². The van der Waals surface area contributed by atoms with E-state index in [1.807, 2.05) is 0 Å². The van der Waals surface area contributed by atoms with Gasteiger partial charge in [0, 0.05) is 33.3 Å². The second-order valence-corrected chi connectivity index (χ2v) is 13.6. The fourth-order valence-corrected chi connectivity index (χ4v) is 9.54. The van der Waals surface area contributed by atoms with Gasteiger partial charge in [-0.3, -0.25) is 0 Å². The summed E-state index contributed by atoms with van der Waals surface area (Å²) in [7, 11) is 0. The van der Waals surface area contributed by atoms with Crippen LogP contribution in [0.3, 0.4) is 0 Å². The molecule has 0 spiro atoms. The van der Waals surface area contributed by atoms with Gasteiger partial charge in [-0.1, -0.05) is 68.5 Å². The van der Waals surface area contributed by atoms with Gasteiger partial charge in [-0.2, -0.15) is 0 Å². The highest BCUT2D eigenvalue weighted by molar-refractivity contribution is 5.87. The zero-order valence-electron chi connectivity index (χ0n) is 23.9. The van der Waals surface area contributed by atoms with Crippen LogP contribution in [0.2, 0.25) is 0 Å². The van der Waals surface area contributed by atoms with E-state index in [0.717, 1.165) is 12.8 Å². The summed E-state index contributed by atoms with van der Waals surface area (Å²) in [6.07, 6.45) is 10.4. The van der Waals surface area contributed by atoms with Crippen LogP contribution in [0.5, 0.6) is 0 Å². The van der Waals surface area contributed by atoms with Gasteiger partial charge in [-0.25, -0.2) is 9.59 Å². The molecule has 4 nitrogen and oxygen atoms in total. The van der Waals surface area contributed by atoms with Crippen LogP contribution < -0.4 is 0 Å². The van der Waals surface area contributed by atoms with E-state index in [2.05, 4.69) is 68.5 Å². The Balaban J connectivity index is 0.000000196. The van der Waals surface area contributed by atoms with E-state index in [1.165, 1.54) is 44.6 Å². The molecular weight excluding hydrogens is 436 g/mol. The predicted molar refractivity (Wildman–Crippen MR) is 142 cm³/mol. The molecule has 6 atom stereocenters. The fourth-order valence-electron chi connectivity index (χ4n) is 9.54. The molecule has 35 heavy (non-hydrogen) atoms. The fraction of sp³-hybridized carbons (Fsp3) is 0.806. The van der Waals surface area contributed by atoms with Crippen LogP contribution >= 0.6 is 0 Å². The molecule has 4 rings (SSSR count). The average molecular weight is 487 g/mol. The van der Waals surface area contributed by atoms with Gasteiger partial charge in [-0.15, -0.1) is 0 Å². The van der Waals surface area contributed by atoms with E-state index in [4.69, 9.17) is 9.47 Å². The smallest absolute Gasteiger partial charge is 0.333 e. The molecule has 0 heterocycles. The Bertz CT molecular complexity index is 886. The van der Waals surface area contributed by atoms with Crippen LogP contribution in [0.1, 0.15) is 114 Å². The maximum Gasteiger partial charge on any atom is 0.333 e. The minimum atomic E-state index is -0.320. The third-order valence-corrected chi connectivity index (χ3v) is 11.6. The summed E-state index contributed by atoms with van der Waals surface area (Å²) in [5, 5.41) is 0. The summed E-state index contributed by atoms with van der Waals surface area (Å²) in [4.78, 5) is 23.7. The Hall–Kier alpha value is -1.58. The topological polar surface area (TPSA) is 52.6 Å². The normalized spacial score (nSPS) is 41.6. The van der Waals surface area contributed by atoms with E-state index in [0.29, 0.717) is 17.4 Å². The summed E-state index contributed by atoms with van der Waals surface area (Å²) >= 11 is 0. The van der Waals surface area contributed by atoms with Gasteiger partial charge in [0.2, 0.25) is 0 Å². The van der Waals surface area contributed by atoms with Crippen molar-refractivity contribution in [3.05, 3.63) is 24.8 Å². The van der Waals surface area contributed by atoms with Gasteiger partial charge < -0.3 is 9.47 Å². The Kier molecular flexibility index (Phi) is 7.01. The van der Waals surface area contributed by atoms with Gasteiger partial charge in [0.05, 0.1) is 0 Å². The largest absolute Gasteiger partial charge is 0.455 e. The maximum absolute atomic E-state index is 12.0. The molecule has 0 amide bonds. The lowest BCUT2D eigenvalue weighted by Crippen LogP contribution is -2.56. The van der Waals surface area contributed by atoms with E-state index in [-0.39, 0.29) is 44.8 Å². The molecule has 6 unspecified atom stereocenters. The zero-order chi connectivity index (χ0) is 26.7. The Morgan fingerprint density at radius 2 is 1.23 bits per heavy atom. The van der Waals surface area contributed by atoms with E-state index in [1.54, 1.807) is 6.92 Å². The molecule has 0 radical (unpaired) electrons. The van der Waals surface area contributed by atoms with Crippen molar-refractivity contribution in [1.82, 2.24) is 0 Å². The van der Waals surface area contributed by atoms with Crippen molar-refractivity contribution in [2.45, 2.75) is 125 Å². The molecule has 198 valence electrons. The molecule has 4 saturated carbocycles. The number of carbonyl (C=O) groups is 2. The van der Waals surface area contributed by atoms with E-state index >= 15 is 0 Å². The quantitative estimate of drug-likeness (QED) is 0.284. The first-order chi connectivity index (χ1) is 16.0. The number of esters is 2. The van der Waals surface area contributed by atoms with Crippen LogP contribution in [0.25, 0.3) is 0 Å². The molecule has 0 saturated heterocycles. The molecule has 4 heteroatoms. The SMILES string of the molecule is C=C(C)C(=O)OC1(CC)C2(C)CCC(C2)C1(C)C.C=CC(=O)OC1(CC)C2(C)CCC(C2)C1(C)C. The first-order valence-corrected chi connectivity index (χ1v) is 13.8. The van der Waals surface area contributed by atoms with Gasteiger partial charge in [-0.05, 0) is 70.1 Å². The second-order valence-electron chi connectivity index (χ2n) is 13.6. The summed E-state index contributed by atoms with van der Waals surface area (Å²) in [6.45, 7) is 26.9. The first kappa shape index (κ1) is 28.0. The average Bonchev–Trinajstić information content (AvgIpc) is 3.46. The van der Waals surface area contributed by atoms with Crippen molar-refractivity contribution < 1.29 is 19.1 Å². The Morgan fingerprint density at radius 1 is 0.829 bits per heavy atom. The molecule has 4 aliphatic carbocycles. The molecule has 0 aromatic rings. The van der Waals surface area contributed by atoms with E-state index in [9.17, 15) is 9.59 Å². The first-order valence-electron chi connectivity index (χ1n) is 13.8. The van der Waals surface area contributed by atoms with Crippen molar-refractivity contribution >= 4 is 11.9 Å². The molecule has 0 N–H and O–H groups in total. The molecule has 4 fully saturated rings. The van der Waals surface area contributed by atoms with Crippen LogP contribution in [-0.4, -0.2) is 23.1 Å². The van der Waals surface area contributed by atoms with Crippen molar-refractivity contribution in [2.24, 2.45) is 33.5 Å². The molecule has 0 aromatic carbocycles. The second kappa shape index (κ2) is 8.77. The minimum absolute atomic E-state index is 0.0693. The molecular formula is C31H50O4. The van der Waals surface area contributed by atoms with Crippen LogP contribution in [0, 0.1) is 33.5 Å². The summed E-state index contributed by atoms with van der Waals surface area (Å²) in [6, 6.07) is 0. The van der Waals surface area contributed by atoms with Crippen LogP contribution in [0.4, 0.5) is 0 Å². The molecule has 0 aromatic heterocycles.